The van der Waals surface area contributed by atoms with Gasteiger partial charge in [-0.25, -0.2) is 4.98 Å². The number of aromatic nitrogens is 1. The van der Waals surface area contributed by atoms with E-state index < -0.39 is 0 Å². The van der Waals surface area contributed by atoms with Crippen molar-refractivity contribution in [2.75, 3.05) is 0 Å². The van der Waals surface area contributed by atoms with Crippen molar-refractivity contribution in [2.45, 2.75) is 9.92 Å². The number of phenols is 1. The molecule has 0 amide bonds. The summed E-state index contributed by atoms with van der Waals surface area (Å²) in [5.74, 6) is 0.283. The fourth-order valence-corrected chi connectivity index (χ4v) is 2.70. The van der Waals surface area contributed by atoms with E-state index in [0.29, 0.717) is 0 Å². The Hall–Kier alpha value is -2.00. The van der Waals surface area contributed by atoms with Crippen LogP contribution in [0.15, 0.2) is 70.7 Å². The zero-order valence-electron chi connectivity index (χ0n) is 9.58. The molecule has 2 nitrogen and oxygen atoms in total. The first-order valence-electron chi connectivity index (χ1n) is 5.63. The molecular weight excluding hydrogens is 242 g/mol. The zero-order valence-corrected chi connectivity index (χ0v) is 10.4. The van der Waals surface area contributed by atoms with Gasteiger partial charge in [0, 0.05) is 16.5 Å². The van der Waals surface area contributed by atoms with Crippen LogP contribution in [0.3, 0.4) is 0 Å². The van der Waals surface area contributed by atoms with Crippen molar-refractivity contribution >= 4 is 22.5 Å². The van der Waals surface area contributed by atoms with E-state index in [-0.39, 0.29) is 5.75 Å². The molecule has 3 heteroatoms. The van der Waals surface area contributed by atoms with Gasteiger partial charge >= 0.3 is 0 Å². The Morgan fingerprint density at radius 3 is 2.50 bits per heavy atom. The molecule has 18 heavy (non-hydrogen) atoms. The van der Waals surface area contributed by atoms with Gasteiger partial charge in [-0.2, -0.15) is 0 Å². The number of pyridine rings is 1. The maximum absolute atomic E-state index is 9.27. The minimum atomic E-state index is 0.283. The number of hydrogen-bond donors (Lipinski definition) is 1. The molecule has 0 bridgehead atoms. The van der Waals surface area contributed by atoms with Crippen molar-refractivity contribution in [1.82, 2.24) is 4.98 Å². The topological polar surface area (TPSA) is 33.1 Å². The van der Waals surface area contributed by atoms with Gasteiger partial charge < -0.3 is 5.11 Å². The third-order valence-electron chi connectivity index (χ3n) is 2.69. The highest BCUT2D eigenvalue weighted by Crippen LogP contribution is 2.32. The maximum Gasteiger partial charge on any atom is 0.115 e. The lowest BCUT2D eigenvalue weighted by Crippen LogP contribution is -1.82. The molecule has 3 rings (SSSR count). The molecule has 0 spiro atoms. The predicted octanol–water partition coefficient (Wildman–Crippen LogP) is 4.09. The van der Waals surface area contributed by atoms with Crippen LogP contribution in [0.2, 0.25) is 0 Å². The van der Waals surface area contributed by atoms with Crippen LogP contribution in [0.5, 0.6) is 5.75 Å². The third kappa shape index (κ3) is 2.17. The van der Waals surface area contributed by atoms with E-state index in [0.717, 1.165) is 15.3 Å². The molecule has 0 saturated heterocycles. The van der Waals surface area contributed by atoms with Crippen molar-refractivity contribution in [3.63, 3.8) is 0 Å². The molecule has 0 saturated carbocycles. The lowest BCUT2D eigenvalue weighted by molar-refractivity contribution is 0.475. The first kappa shape index (κ1) is 11.1. The van der Waals surface area contributed by atoms with Gasteiger partial charge in [-0.15, -0.1) is 0 Å². The molecular formula is C15H11NOS. The summed E-state index contributed by atoms with van der Waals surface area (Å²) in [7, 11) is 0. The predicted molar refractivity (Wildman–Crippen MR) is 74.0 cm³/mol. The van der Waals surface area contributed by atoms with E-state index in [9.17, 15) is 5.11 Å². The van der Waals surface area contributed by atoms with Crippen LogP contribution in [0, 0.1) is 0 Å². The molecule has 2 aromatic carbocycles. The monoisotopic (exact) mass is 253 g/mol. The Morgan fingerprint density at radius 1 is 0.889 bits per heavy atom. The van der Waals surface area contributed by atoms with Gasteiger partial charge in [-0.05, 0) is 35.7 Å². The number of benzene rings is 2. The van der Waals surface area contributed by atoms with Gasteiger partial charge in [-0.1, -0.05) is 36.0 Å². The summed E-state index contributed by atoms with van der Waals surface area (Å²) in [5, 5.41) is 12.6. The fraction of sp³-hybridized carbons (Fsp3) is 0. The van der Waals surface area contributed by atoms with Crippen LogP contribution in [-0.4, -0.2) is 10.1 Å². The largest absolute Gasteiger partial charge is 0.508 e. The number of phenolic OH excluding ortho intramolecular Hbond substituents is 1. The standard InChI is InChI=1S/C15H11NOS/c17-12-5-7-13(8-6-12)18-15-14-4-2-1-3-11(14)9-10-16-15/h1-10,17H. The first-order chi connectivity index (χ1) is 8.83. The summed E-state index contributed by atoms with van der Waals surface area (Å²) in [6.07, 6.45) is 1.82. The van der Waals surface area contributed by atoms with Crippen molar-refractivity contribution < 1.29 is 5.11 Å². The molecule has 0 unspecified atom stereocenters. The van der Waals surface area contributed by atoms with Crippen molar-refractivity contribution in [2.24, 2.45) is 0 Å². The second kappa shape index (κ2) is 4.70. The molecule has 1 heterocycles. The number of hydrogen-bond acceptors (Lipinski definition) is 3. The van der Waals surface area contributed by atoms with Crippen LogP contribution >= 0.6 is 11.8 Å². The highest BCUT2D eigenvalue weighted by Gasteiger charge is 2.04. The second-order valence-electron chi connectivity index (χ2n) is 3.93. The van der Waals surface area contributed by atoms with Crippen molar-refractivity contribution in [3.05, 3.63) is 60.8 Å². The Labute approximate surface area is 109 Å². The number of rotatable bonds is 2. The highest BCUT2D eigenvalue weighted by atomic mass is 32.2. The Bertz CT molecular complexity index is 674. The van der Waals surface area contributed by atoms with E-state index in [1.165, 1.54) is 5.39 Å². The molecule has 0 aliphatic carbocycles. The Kier molecular flexibility index (Phi) is 2.90. The smallest absolute Gasteiger partial charge is 0.115 e. The van der Waals surface area contributed by atoms with Gasteiger partial charge in [0.05, 0.1) is 0 Å². The molecule has 0 radical (unpaired) electrons. The Morgan fingerprint density at radius 2 is 1.67 bits per heavy atom. The van der Waals surface area contributed by atoms with Crippen molar-refractivity contribution in [1.29, 1.82) is 0 Å². The molecule has 88 valence electrons. The second-order valence-corrected chi connectivity index (χ2v) is 5.00. The summed E-state index contributed by atoms with van der Waals surface area (Å²) >= 11 is 1.60. The van der Waals surface area contributed by atoms with E-state index in [4.69, 9.17) is 0 Å². The Balaban J connectivity index is 2.02. The molecule has 1 aromatic heterocycles. The van der Waals surface area contributed by atoms with Gasteiger partial charge in [0.2, 0.25) is 0 Å². The van der Waals surface area contributed by atoms with Gasteiger partial charge in [0.25, 0.3) is 0 Å². The van der Waals surface area contributed by atoms with Crippen LogP contribution in [-0.2, 0) is 0 Å². The van der Waals surface area contributed by atoms with E-state index >= 15 is 0 Å². The lowest BCUT2D eigenvalue weighted by Gasteiger charge is -2.05. The van der Waals surface area contributed by atoms with Crippen LogP contribution in [0.4, 0.5) is 0 Å². The number of nitrogens with zero attached hydrogens (tertiary/aromatic N) is 1. The molecule has 0 aliphatic heterocycles. The van der Waals surface area contributed by atoms with Gasteiger partial charge in [0.15, 0.2) is 0 Å². The molecule has 0 aliphatic rings. The van der Waals surface area contributed by atoms with E-state index in [1.807, 2.05) is 36.5 Å². The summed E-state index contributed by atoms with van der Waals surface area (Å²) in [6.45, 7) is 0. The fourth-order valence-electron chi connectivity index (χ4n) is 1.80. The van der Waals surface area contributed by atoms with Crippen LogP contribution in [0.1, 0.15) is 0 Å². The minimum Gasteiger partial charge on any atom is -0.508 e. The SMILES string of the molecule is Oc1ccc(Sc2nccc3ccccc23)cc1. The van der Waals surface area contributed by atoms with Gasteiger partial charge in [0.1, 0.15) is 10.8 Å². The summed E-state index contributed by atoms with van der Waals surface area (Å²) in [6, 6.07) is 17.4. The minimum absolute atomic E-state index is 0.283. The van der Waals surface area contributed by atoms with E-state index in [1.54, 1.807) is 23.9 Å². The maximum atomic E-state index is 9.27. The van der Waals surface area contributed by atoms with Crippen LogP contribution < -0.4 is 0 Å². The van der Waals surface area contributed by atoms with E-state index in [2.05, 4.69) is 17.1 Å². The number of fused-ring (bicyclic) bond motifs is 1. The highest BCUT2D eigenvalue weighted by molar-refractivity contribution is 7.99. The van der Waals surface area contributed by atoms with Crippen LogP contribution in [0.25, 0.3) is 10.8 Å². The number of aromatic hydroxyl groups is 1. The normalized spacial score (nSPS) is 10.7. The quantitative estimate of drug-likeness (QED) is 0.746. The first-order valence-corrected chi connectivity index (χ1v) is 6.45. The molecule has 0 atom stereocenters. The molecule has 3 aromatic rings. The lowest BCUT2D eigenvalue weighted by atomic mass is 10.2. The van der Waals surface area contributed by atoms with Crippen molar-refractivity contribution in [3.8, 4) is 5.75 Å². The summed E-state index contributed by atoms with van der Waals surface area (Å²) in [5.41, 5.74) is 0. The average molecular weight is 253 g/mol. The summed E-state index contributed by atoms with van der Waals surface area (Å²) in [4.78, 5) is 5.49. The summed E-state index contributed by atoms with van der Waals surface area (Å²) < 4.78 is 0. The third-order valence-corrected chi connectivity index (χ3v) is 3.71. The van der Waals surface area contributed by atoms with Gasteiger partial charge in [-0.3, -0.25) is 0 Å². The molecule has 0 fully saturated rings. The molecule has 1 N–H and O–H groups in total. The average Bonchev–Trinajstić information content (AvgIpc) is 2.42. The zero-order chi connectivity index (χ0) is 12.4.